The minimum Gasteiger partial charge on any atom is -0.394 e. The van der Waals surface area contributed by atoms with Gasteiger partial charge in [0.15, 0.2) is 0 Å². The lowest BCUT2D eigenvalue weighted by Gasteiger charge is -2.28. The van der Waals surface area contributed by atoms with E-state index in [1.807, 2.05) is 36.7 Å². The summed E-state index contributed by atoms with van der Waals surface area (Å²) in [4.78, 5) is 16.9. The molecule has 2 aromatic rings. The summed E-state index contributed by atoms with van der Waals surface area (Å²) in [5, 5.41) is 12.6. The van der Waals surface area contributed by atoms with Crippen LogP contribution in [-0.2, 0) is 7.05 Å². The molecule has 3 rings (SSSR count). The molecule has 1 heterocycles. The van der Waals surface area contributed by atoms with Gasteiger partial charge in [0.05, 0.1) is 23.2 Å². The number of aliphatic hydroxyl groups excluding tert-OH is 1. The van der Waals surface area contributed by atoms with Gasteiger partial charge in [-0.25, -0.2) is 4.98 Å². The smallest absolute Gasteiger partial charge is 0.251 e. The lowest BCUT2D eigenvalue weighted by molar-refractivity contribution is 0.0838. The molecule has 1 amide bonds. The van der Waals surface area contributed by atoms with Gasteiger partial charge in [-0.15, -0.1) is 0 Å². The van der Waals surface area contributed by atoms with E-state index in [1.54, 1.807) is 0 Å². The molecular formula is C16H21N3O2. The van der Waals surface area contributed by atoms with Gasteiger partial charge in [-0.2, -0.15) is 0 Å². The van der Waals surface area contributed by atoms with Gasteiger partial charge < -0.3 is 15.0 Å². The molecule has 0 atom stereocenters. The number of nitrogens with zero attached hydrogens (tertiary/aromatic N) is 2. The Labute approximate surface area is 124 Å². The van der Waals surface area contributed by atoms with Crippen LogP contribution in [-0.4, -0.2) is 32.7 Å². The van der Waals surface area contributed by atoms with E-state index in [0.717, 1.165) is 42.5 Å². The van der Waals surface area contributed by atoms with Crippen molar-refractivity contribution < 1.29 is 9.90 Å². The summed E-state index contributed by atoms with van der Waals surface area (Å²) in [7, 11) is 1.96. The Morgan fingerprint density at radius 2 is 2.14 bits per heavy atom. The number of imidazole rings is 1. The van der Waals surface area contributed by atoms with Crippen LogP contribution in [0.15, 0.2) is 18.2 Å². The Kier molecular flexibility index (Phi) is 3.45. The highest BCUT2D eigenvalue weighted by Gasteiger charge is 2.34. The van der Waals surface area contributed by atoms with E-state index in [2.05, 4.69) is 10.3 Å². The van der Waals surface area contributed by atoms with Crippen molar-refractivity contribution in [1.82, 2.24) is 14.9 Å². The van der Waals surface area contributed by atoms with E-state index in [9.17, 15) is 9.90 Å². The predicted molar refractivity (Wildman–Crippen MR) is 81.2 cm³/mol. The van der Waals surface area contributed by atoms with Crippen molar-refractivity contribution in [3.05, 3.63) is 29.6 Å². The number of aromatic nitrogens is 2. The molecule has 1 saturated carbocycles. The lowest BCUT2D eigenvalue weighted by Crippen LogP contribution is -2.49. The highest BCUT2D eigenvalue weighted by molar-refractivity contribution is 5.97. The number of hydrogen-bond donors (Lipinski definition) is 2. The maximum absolute atomic E-state index is 12.4. The van der Waals surface area contributed by atoms with Crippen LogP contribution >= 0.6 is 0 Å². The summed E-state index contributed by atoms with van der Waals surface area (Å²) in [6.45, 7) is 1.95. The van der Waals surface area contributed by atoms with E-state index in [1.165, 1.54) is 0 Å². The zero-order valence-electron chi connectivity index (χ0n) is 12.5. The van der Waals surface area contributed by atoms with Crippen molar-refractivity contribution in [3.63, 3.8) is 0 Å². The van der Waals surface area contributed by atoms with Crippen LogP contribution in [0.5, 0.6) is 0 Å². The molecular weight excluding hydrogens is 266 g/mol. The van der Waals surface area contributed by atoms with Crippen LogP contribution in [0.1, 0.15) is 41.9 Å². The molecule has 0 unspecified atom stereocenters. The largest absolute Gasteiger partial charge is 0.394 e. The average Bonchev–Trinajstić information content (AvgIpc) is 3.05. The summed E-state index contributed by atoms with van der Waals surface area (Å²) in [6.07, 6.45) is 3.80. The molecule has 1 fully saturated rings. The Morgan fingerprint density at radius 1 is 1.43 bits per heavy atom. The number of benzene rings is 1. The van der Waals surface area contributed by atoms with Crippen molar-refractivity contribution >= 4 is 16.9 Å². The summed E-state index contributed by atoms with van der Waals surface area (Å²) < 4.78 is 2.00. The quantitative estimate of drug-likeness (QED) is 0.906. The number of aryl methyl sites for hydroxylation is 2. The molecule has 21 heavy (non-hydrogen) atoms. The molecule has 0 bridgehead atoms. The lowest BCUT2D eigenvalue weighted by atomic mass is 9.98. The van der Waals surface area contributed by atoms with E-state index in [-0.39, 0.29) is 12.5 Å². The maximum atomic E-state index is 12.4. The van der Waals surface area contributed by atoms with Crippen molar-refractivity contribution in [3.8, 4) is 0 Å². The van der Waals surface area contributed by atoms with E-state index in [4.69, 9.17) is 0 Å². The summed E-state index contributed by atoms with van der Waals surface area (Å²) in [5.74, 6) is 0.793. The van der Waals surface area contributed by atoms with Gasteiger partial charge in [-0.3, -0.25) is 4.79 Å². The molecule has 2 N–H and O–H groups in total. The average molecular weight is 287 g/mol. The van der Waals surface area contributed by atoms with Crippen molar-refractivity contribution in [1.29, 1.82) is 0 Å². The van der Waals surface area contributed by atoms with Gasteiger partial charge >= 0.3 is 0 Å². The molecule has 1 aromatic heterocycles. The monoisotopic (exact) mass is 287 g/mol. The van der Waals surface area contributed by atoms with Gasteiger partial charge in [-0.1, -0.05) is 12.8 Å². The number of carbonyl (C=O) groups is 1. The third kappa shape index (κ3) is 2.42. The fraction of sp³-hybridized carbons (Fsp3) is 0.500. The van der Waals surface area contributed by atoms with Crippen LogP contribution < -0.4 is 5.32 Å². The standard InChI is InChI=1S/C16H21N3O2/c1-11-17-13-9-12(5-6-14(13)19(11)2)15(21)18-16(10-20)7-3-4-8-16/h5-6,9,20H,3-4,7-8,10H2,1-2H3,(H,18,21). The molecule has 112 valence electrons. The molecule has 0 saturated heterocycles. The van der Waals surface area contributed by atoms with Gasteiger partial charge in [-0.05, 0) is 38.0 Å². The van der Waals surface area contributed by atoms with Crippen LogP contribution in [0.2, 0.25) is 0 Å². The van der Waals surface area contributed by atoms with Crippen LogP contribution in [0, 0.1) is 6.92 Å². The van der Waals surface area contributed by atoms with E-state index in [0.29, 0.717) is 5.56 Å². The molecule has 1 aliphatic rings. The van der Waals surface area contributed by atoms with Gasteiger partial charge in [0, 0.05) is 12.6 Å². The van der Waals surface area contributed by atoms with E-state index < -0.39 is 5.54 Å². The molecule has 0 radical (unpaired) electrons. The molecule has 0 spiro atoms. The van der Waals surface area contributed by atoms with E-state index >= 15 is 0 Å². The number of aliphatic hydroxyl groups is 1. The maximum Gasteiger partial charge on any atom is 0.251 e. The highest BCUT2D eigenvalue weighted by Crippen LogP contribution is 2.29. The van der Waals surface area contributed by atoms with Crippen molar-refractivity contribution in [2.75, 3.05) is 6.61 Å². The zero-order valence-corrected chi connectivity index (χ0v) is 12.5. The van der Waals surface area contributed by atoms with Gasteiger partial charge in [0.1, 0.15) is 5.82 Å². The Morgan fingerprint density at radius 3 is 2.81 bits per heavy atom. The van der Waals surface area contributed by atoms with Crippen molar-refractivity contribution in [2.24, 2.45) is 7.05 Å². The highest BCUT2D eigenvalue weighted by atomic mass is 16.3. The van der Waals surface area contributed by atoms with Gasteiger partial charge in [0.25, 0.3) is 5.91 Å². The second kappa shape index (κ2) is 5.15. The minimum atomic E-state index is -0.438. The molecule has 1 aliphatic carbocycles. The van der Waals surface area contributed by atoms with Gasteiger partial charge in [0.2, 0.25) is 0 Å². The third-order valence-corrected chi connectivity index (χ3v) is 4.61. The Balaban J connectivity index is 1.87. The number of rotatable bonds is 3. The summed E-state index contributed by atoms with van der Waals surface area (Å²) >= 11 is 0. The van der Waals surface area contributed by atoms with Crippen LogP contribution in [0.25, 0.3) is 11.0 Å². The number of hydrogen-bond acceptors (Lipinski definition) is 3. The second-order valence-electron chi connectivity index (χ2n) is 6.02. The zero-order chi connectivity index (χ0) is 15.0. The first-order chi connectivity index (χ1) is 10.0. The predicted octanol–water partition coefficient (Wildman–Crippen LogP) is 1.92. The molecule has 5 heteroatoms. The number of fused-ring (bicyclic) bond motifs is 1. The van der Waals surface area contributed by atoms with Crippen molar-refractivity contribution in [2.45, 2.75) is 38.1 Å². The fourth-order valence-electron chi connectivity index (χ4n) is 3.15. The first-order valence-electron chi connectivity index (χ1n) is 7.41. The summed E-state index contributed by atoms with van der Waals surface area (Å²) in [6, 6.07) is 5.56. The summed E-state index contributed by atoms with van der Waals surface area (Å²) in [5.41, 5.74) is 2.00. The molecule has 1 aromatic carbocycles. The normalized spacial score (nSPS) is 17.3. The number of carbonyl (C=O) groups excluding carboxylic acids is 1. The first-order valence-corrected chi connectivity index (χ1v) is 7.41. The first kappa shape index (κ1) is 14.1. The van der Waals surface area contributed by atoms with Crippen LogP contribution in [0.4, 0.5) is 0 Å². The molecule has 5 nitrogen and oxygen atoms in total. The third-order valence-electron chi connectivity index (χ3n) is 4.61. The second-order valence-corrected chi connectivity index (χ2v) is 6.02. The fourth-order valence-corrected chi connectivity index (χ4v) is 3.15. The Bertz CT molecular complexity index is 684. The van der Waals surface area contributed by atoms with Crippen LogP contribution in [0.3, 0.4) is 0 Å². The topological polar surface area (TPSA) is 67.2 Å². The Hall–Kier alpha value is -1.88. The number of nitrogens with one attached hydrogen (secondary N) is 1. The SMILES string of the molecule is Cc1nc2cc(C(=O)NC3(CO)CCCC3)ccc2n1C. The molecule has 0 aliphatic heterocycles. The number of amides is 1. The minimum absolute atomic E-state index is 0.00365.